The smallest absolute Gasteiger partial charge is 0.337 e. The number of hydrogen-bond donors (Lipinski definition) is 0. The summed E-state index contributed by atoms with van der Waals surface area (Å²) < 4.78 is 23.3. The molecule has 0 amide bonds. The molecule has 5 nitrogen and oxygen atoms in total. The Hall–Kier alpha value is -0.900. The number of aromatic nitrogens is 1. The second-order valence-corrected chi connectivity index (χ2v) is 6.66. The van der Waals surface area contributed by atoms with Crippen molar-refractivity contribution in [2.75, 3.05) is 20.4 Å². The Balaban J connectivity index is 2.57. The summed E-state index contributed by atoms with van der Waals surface area (Å²) in [6, 6.07) is 1.98. The van der Waals surface area contributed by atoms with E-state index in [0.29, 0.717) is 6.42 Å². The van der Waals surface area contributed by atoms with Crippen molar-refractivity contribution >= 4 is 13.4 Å². The SMILES string of the molecule is COP(=O)(CC(=O)CC(C)c1ccn(C)c1)OC. The highest BCUT2D eigenvalue weighted by Crippen LogP contribution is 2.46. The van der Waals surface area contributed by atoms with E-state index in [1.807, 2.05) is 37.0 Å². The first-order valence-corrected chi connectivity index (χ1v) is 7.47. The van der Waals surface area contributed by atoms with Gasteiger partial charge in [0.25, 0.3) is 0 Å². The van der Waals surface area contributed by atoms with Crippen LogP contribution in [0.3, 0.4) is 0 Å². The normalized spacial score (nSPS) is 13.6. The Kier molecular flexibility index (Phi) is 5.32. The topological polar surface area (TPSA) is 57.5 Å². The summed E-state index contributed by atoms with van der Waals surface area (Å²) in [5, 5.41) is 0. The van der Waals surface area contributed by atoms with E-state index in [9.17, 15) is 9.36 Å². The predicted molar refractivity (Wildman–Crippen MR) is 69.9 cm³/mol. The molecular weight excluding hydrogens is 253 g/mol. The predicted octanol–water partition coefficient (Wildman–Crippen LogP) is 2.57. The molecule has 1 unspecified atom stereocenters. The molecule has 1 aromatic rings. The first-order valence-electron chi connectivity index (χ1n) is 5.74. The van der Waals surface area contributed by atoms with Crippen LogP contribution in [0.1, 0.15) is 24.8 Å². The van der Waals surface area contributed by atoms with E-state index in [1.165, 1.54) is 14.2 Å². The third-order valence-corrected chi connectivity index (χ3v) is 4.74. The van der Waals surface area contributed by atoms with Gasteiger partial charge in [-0.05, 0) is 17.5 Å². The zero-order chi connectivity index (χ0) is 13.8. The monoisotopic (exact) mass is 273 g/mol. The number of aryl methyl sites for hydroxylation is 1. The van der Waals surface area contributed by atoms with Gasteiger partial charge in [-0.1, -0.05) is 6.92 Å². The van der Waals surface area contributed by atoms with Crippen LogP contribution >= 0.6 is 7.60 Å². The van der Waals surface area contributed by atoms with Gasteiger partial charge in [0, 0.05) is 40.1 Å². The molecule has 0 saturated carbocycles. The molecule has 0 aliphatic carbocycles. The van der Waals surface area contributed by atoms with E-state index in [0.717, 1.165) is 5.56 Å². The van der Waals surface area contributed by atoms with Crippen molar-refractivity contribution < 1.29 is 18.4 Å². The van der Waals surface area contributed by atoms with Gasteiger partial charge in [0.2, 0.25) is 0 Å². The molecule has 0 radical (unpaired) electrons. The molecule has 18 heavy (non-hydrogen) atoms. The summed E-state index contributed by atoms with van der Waals surface area (Å²) in [7, 11) is 1.28. The Bertz CT molecular complexity index is 447. The van der Waals surface area contributed by atoms with Gasteiger partial charge in [-0.2, -0.15) is 0 Å². The molecule has 1 heterocycles. The summed E-state index contributed by atoms with van der Waals surface area (Å²) in [6.07, 6.45) is 4.08. The van der Waals surface area contributed by atoms with E-state index < -0.39 is 7.60 Å². The summed E-state index contributed by atoms with van der Waals surface area (Å²) in [5.74, 6) is -0.0146. The molecule has 1 aromatic heterocycles. The number of carbonyl (C=O) groups is 1. The summed E-state index contributed by atoms with van der Waals surface area (Å²) in [4.78, 5) is 11.8. The minimum Gasteiger partial charge on any atom is -0.357 e. The number of ketones is 1. The van der Waals surface area contributed by atoms with Crippen LogP contribution in [-0.4, -0.2) is 30.7 Å². The lowest BCUT2D eigenvalue weighted by Gasteiger charge is -2.14. The lowest BCUT2D eigenvalue weighted by molar-refractivity contribution is -0.117. The summed E-state index contributed by atoms with van der Waals surface area (Å²) >= 11 is 0. The Morgan fingerprint density at radius 2 is 2.06 bits per heavy atom. The molecule has 1 rings (SSSR count). The average molecular weight is 273 g/mol. The summed E-state index contributed by atoms with van der Waals surface area (Å²) in [6.45, 7) is 1.97. The molecule has 0 aromatic carbocycles. The van der Waals surface area contributed by atoms with Crippen molar-refractivity contribution in [3.05, 3.63) is 24.0 Å². The van der Waals surface area contributed by atoms with Gasteiger partial charge in [-0.25, -0.2) is 0 Å². The number of nitrogens with zero attached hydrogens (tertiary/aromatic N) is 1. The fourth-order valence-corrected chi connectivity index (χ4v) is 2.73. The maximum atomic E-state index is 11.8. The maximum absolute atomic E-state index is 11.8. The van der Waals surface area contributed by atoms with Crippen LogP contribution < -0.4 is 0 Å². The second-order valence-electron chi connectivity index (χ2n) is 4.39. The van der Waals surface area contributed by atoms with E-state index in [4.69, 9.17) is 9.05 Å². The van der Waals surface area contributed by atoms with Crippen LogP contribution in [-0.2, 0) is 25.5 Å². The fourth-order valence-electron chi connectivity index (χ4n) is 1.76. The summed E-state index contributed by atoms with van der Waals surface area (Å²) in [5.41, 5.74) is 1.09. The molecule has 0 aliphatic heterocycles. The van der Waals surface area contributed by atoms with Gasteiger partial charge >= 0.3 is 7.60 Å². The van der Waals surface area contributed by atoms with Gasteiger partial charge in [-0.15, -0.1) is 0 Å². The molecule has 0 fully saturated rings. The highest BCUT2D eigenvalue weighted by atomic mass is 31.2. The lowest BCUT2D eigenvalue weighted by Crippen LogP contribution is -2.10. The number of carbonyl (C=O) groups excluding carboxylic acids is 1. The Labute approximate surface area is 108 Å². The fraction of sp³-hybridized carbons (Fsp3) is 0.583. The molecule has 0 spiro atoms. The van der Waals surface area contributed by atoms with Crippen molar-refractivity contribution in [3.8, 4) is 0 Å². The van der Waals surface area contributed by atoms with Crippen LogP contribution in [0.15, 0.2) is 18.5 Å². The zero-order valence-electron chi connectivity index (χ0n) is 11.3. The quantitative estimate of drug-likeness (QED) is 0.716. The van der Waals surface area contributed by atoms with Gasteiger partial charge in [0.05, 0.1) is 0 Å². The minimum atomic E-state index is -3.23. The van der Waals surface area contributed by atoms with Crippen LogP contribution in [0.25, 0.3) is 0 Å². The van der Waals surface area contributed by atoms with Gasteiger partial charge in [0.15, 0.2) is 0 Å². The molecule has 0 bridgehead atoms. The molecule has 1 atom stereocenters. The van der Waals surface area contributed by atoms with Crippen LogP contribution in [0, 0.1) is 0 Å². The first-order chi connectivity index (χ1) is 8.40. The van der Waals surface area contributed by atoms with Gasteiger partial charge < -0.3 is 13.6 Å². The zero-order valence-corrected chi connectivity index (χ0v) is 12.1. The van der Waals surface area contributed by atoms with Gasteiger partial charge in [0.1, 0.15) is 11.9 Å². The molecular formula is C12H20NO4P. The highest BCUT2D eigenvalue weighted by Gasteiger charge is 2.26. The van der Waals surface area contributed by atoms with Crippen LogP contribution in [0.5, 0.6) is 0 Å². The second kappa shape index (κ2) is 6.32. The van der Waals surface area contributed by atoms with Crippen molar-refractivity contribution in [2.45, 2.75) is 19.3 Å². The maximum Gasteiger partial charge on any atom is 0.337 e. The molecule has 0 aliphatic rings. The molecule has 0 saturated heterocycles. The minimum absolute atomic E-state index is 0.0980. The van der Waals surface area contributed by atoms with Crippen LogP contribution in [0.4, 0.5) is 0 Å². The number of rotatable bonds is 7. The van der Waals surface area contributed by atoms with E-state index >= 15 is 0 Å². The third kappa shape index (κ3) is 4.09. The number of Topliss-reactive ketones (excluding diaryl/α,β-unsaturated/α-hetero) is 1. The Morgan fingerprint density at radius 1 is 1.44 bits per heavy atom. The number of hydrogen-bond acceptors (Lipinski definition) is 4. The van der Waals surface area contributed by atoms with Crippen LogP contribution in [0.2, 0.25) is 0 Å². The largest absolute Gasteiger partial charge is 0.357 e. The van der Waals surface area contributed by atoms with Crippen molar-refractivity contribution in [1.82, 2.24) is 4.57 Å². The average Bonchev–Trinajstić information content (AvgIpc) is 2.75. The first kappa shape index (κ1) is 15.2. The molecule has 6 heteroatoms. The lowest BCUT2D eigenvalue weighted by atomic mass is 9.99. The van der Waals surface area contributed by atoms with E-state index in [2.05, 4.69) is 0 Å². The third-order valence-electron chi connectivity index (χ3n) is 2.88. The van der Waals surface area contributed by atoms with Crippen molar-refractivity contribution in [3.63, 3.8) is 0 Å². The van der Waals surface area contributed by atoms with Crippen molar-refractivity contribution in [1.29, 1.82) is 0 Å². The van der Waals surface area contributed by atoms with E-state index in [-0.39, 0.29) is 17.9 Å². The Morgan fingerprint density at radius 3 is 2.50 bits per heavy atom. The standard InChI is InChI=1S/C12H20NO4P/c1-10(11-5-6-13(2)8-11)7-12(14)9-18(15,16-3)17-4/h5-6,8,10H,7,9H2,1-4H3. The van der Waals surface area contributed by atoms with Crippen molar-refractivity contribution in [2.24, 2.45) is 7.05 Å². The molecule has 102 valence electrons. The highest BCUT2D eigenvalue weighted by molar-refractivity contribution is 7.54. The van der Waals surface area contributed by atoms with Gasteiger partial charge in [-0.3, -0.25) is 9.36 Å². The molecule has 0 N–H and O–H groups in total. The van der Waals surface area contributed by atoms with E-state index in [1.54, 1.807) is 0 Å².